The third kappa shape index (κ3) is 4.83. The number of carbonyl (C=O) groups is 1. The maximum Gasteiger partial charge on any atom is 0.343 e. The van der Waals surface area contributed by atoms with E-state index < -0.39 is 11.3 Å². The molecule has 1 saturated carbocycles. The van der Waals surface area contributed by atoms with Gasteiger partial charge in [-0.3, -0.25) is 9.78 Å². The molecule has 3 unspecified atom stereocenters. The highest BCUT2D eigenvalue weighted by Gasteiger charge is 2.52. The van der Waals surface area contributed by atoms with Gasteiger partial charge in [-0.15, -0.1) is 0 Å². The summed E-state index contributed by atoms with van der Waals surface area (Å²) < 4.78 is 1.32. The first-order valence-electron chi connectivity index (χ1n) is 14.8. The highest BCUT2D eigenvalue weighted by molar-refractivity contribution is 5.93. The van der Waals surface area contributed by atoms with Crippen LogP contribution in [0.5, 0.6) is 0 Å². The van der Waals surface area contributed by atoms with Crippen LogP contribution >= 0.6 is 0 Å². The Morgan fingerprint density at radius 3 is 2.40 bits per heavy atom. The number of H-pyrrole nitrogens is 1. The van der Waals surface area contributed by atoms with Crippen LogP contribution in [0.1, 0.15) is 70.2 Å². The molecule has 0 bridgehead atoms. The van der Waals surface area contributed by atoms with E-state index in [0.29, 0.717) is 54.9 Å². The Kier molecular flexibility index (Phi) is 7.01. The highest BCUT2D eigenvalue weighted by atomic mass is 16.2. The van der Waals surface area contributed by atoms with Gasteiger partial charge in [0, 0.05) is 42.6 Å². The van der Waals surface area contributed by atoms with Crippen molar-refractivity contribution in [3.05, 3.63) is 105 Å². The van der Waals surface area contributed by atoms with Crippen LogP contribution in [0, 0.1) is 17.2 Å². The van der Waals surface area contributed by atoms with Gasteiger partial charge in [0.25, 0.3) is 0 Å². The van der Waals surface area contributed by atoms with E-state index in [-0.39, 0.29) is 17.8 Å². The van der Waals surface area contributed by atoms with Crippen LogP contribution in [-0.4, -0.2) is 50.2 Å². The number of benzene rings is 2. The summed E-state index contributed by atoms with van der Waals surface area (Å²) in [4.78, 5) is 30.3. The number of piperidine rings is 1. The quantitative estimate of drug-likeness (QED) is 0.303. The smallest absolute Gasteiger partial charge is 0.343 e. The van der Waals surface area contributed by atoms with Crippen LogP contribution in [0.25, 0.3) is 5.70 Å². The summed E-state index contributed by atoms with van der Waals surface area (Å²) >= 11 is 0. The molecule has 3 aliphatic rings. The predicted molar refractivity (Wildman–Crippen MR) is 165 cm³/mol. The van der Waals surface area contributed by atoms with Crippen LogP contribution in [-0.2, 0) is 25.3 Å². The lowest BCUT2D eigenvalue weighted by Crippen LogP contribution is -2.42. The lowest BCUT2D eigenvalue weighted by Gasteiger charge is -2.37. The molecule has 222 valence electrons. The van der Waals surface area contributed by atoms with Gasteiger partial charge in [0.15, 0.2) is 0 Å². The summed E-state index contributed by atoms with van der Waals surface area (Å²) in [5, 5.41) is 18.1. The number of rotatable bonds is 9. The summed E-state index contributed by atoms with van der Waals surface area (Å²) in [6.45, 7) is 10.9. The van der Waals surface area contributed by atoms with Gasteiger partial charge in [-0.05, 0) is 91.0 Å². The van der Waals surface area contributed by atoms with Gasteiger partial charge in [0.2, 0.25) is 5.91 Å². The fourth-order valence-corrected chi connectivity index (χ4v) is 7.31. The lowest BCUT2D eigenvalue weighted by molar-refractivity contribution is 0.1000. The van der Waals surface area contributed by atoms with Gasteiger partial charge in [-0.25, -0.2) is 9.48 Å². The van der Waals surface area contributed by atoms with E-state index in [0.717, 1.165) is 46.4 Å². The van der Waals surface area contributed by atoms with Crippen molar-refractivity contribution in [2.45, 2.75) is 62.6 Å². The molecule has 1 aromatic heterocycles. The summed E-state index contributed by atoms with van der Waals surface area (Å²) in [7, 11) is 1.63. The van der Waals surface area contributed by atoms with Crippen molar-refractivity contribution in [2.24, 2.45) is 24.4 Å². The van der Waals surface area contributed by atoms with Crippen molar-refractivity contribution in [3.63, 3.8) is 0 Å². The Hall–Kier alpha value is -4.62. The zero-order valence-electron chi connectivity index (χ0n) is 24.7. The fourth-order valence-electron chi connectivity index (χ4n) is 7.31. The maximum absolute atomic E-state index is 12.9. The van der Waals surface area contributed by atoms with Gasteiger partial charge in [-0.1, -0.05) is 31.4 Å². The van der Waals surface area contributed by atoms with Crippen molar-refractivity contribution >= 4 is 11.6 Å². The summed E-state index contributed by atoms with van der Waals surface area (Å²) in [6, 6.07) is 14.3. The zero-order chi connectivity index (χ0) is 30.6. The number of likely N-dealkylation sites (tertiary alicyclic amines) is 1. The number of aromatic nitrogens is 3. The molecular weight excluding hydrogens is 540 g/mol. The zero-order valence-corrected chi connectivity index (χ0v) is 24.7. The minimum absolute atomic E-state index is 0.0702. The molecule has 2 heterocycles. The molecule has 2 fully saturated rings. The molecule has 6 N–H and O–H groups in total. The van der Waals surface area contributed by atoms with E-state index in [1.54, 1.807) is 13.1 Å². The maximum atomic E-state index is 12.9. The molecule has 10 nitrogen and oxygen atoms in total. The van der Waals surface area contributed by atoms with Crippen LogP contribution in [0.2, 0.25) is 0 Å². The van der Waals surface area contributed by atoms with Crippen molar-refractivity contribution in [3.8, 4) is 6.07 Å². The van der Waals surface area contributed by atoms with E-state index in [1.807, 2.05) is 18.2 Å². The molecular formula is C33H38N8O2. The Morgan fingerprint density at radius 2 is 1.81 bits per heavy atom. The number of nitriles is 1. The van der Waals surface area contributed by atoms with Gasteiger partial charge in [0.05, 0.1) is 11.5 Å². The first kappa shape index (κ1) is 28.5. The number of primary amides is 1. The number of aryl methyl sites for hydroxylation is 3. The van der Waals surface area contributed by atoms with Gasteiger partial charge < -0.3 is 21.7 Å². The minimum Gasteiger partial charge on any atom is -0.399 e. The Bertz CT molecular complexity index is 1680. The monoisotopic (exact) mass is 578 g/mol. The summed E-state index contributed by atoms with van der Waals surface area (Å²) in [5.41, 5.74) is 17.3. The summed E-state index contributed by atoms with van der Waals surface area (Å²) in [6.07, 6.45) is 3.93. The Balaban J connectivity index is 1.45. The van der Waals surface area contributed by atoms with E-state index in [2.05, 4.69) is 53.5 Å². The van der Waals surface area contributed by atoms with E-state index >= 15 is 0 Å². The minimum atomic E-state index is -0.871. The van der Waals surface area contributed by atoms with Gasteiger partial charge in [-0.2, -0.15) is 10.4 Å². The topological polar surface area (TPSA) is 159 Å². The van der Waals surface area contributed by atoms with Crippen molar-refractivity contribution in [1.82, 2.24) is 25.0 Å². The second-order valence-corrected chi connectivity index (χ2v) is 12.3. The number of hydrogen-bond acceptors (Lipinski definition) is 7. The van der Waals surface area contributed by atoms with Crippen LogP contribution in [0.15, 0.2) is 60.0 Å². The second kappa shape index (κ2) is 10.6. The Labute approximate surface area is 251 Å². The molecule has 10 heteroatoms. The van der Waals surface area contributed by atoms with Gasteiger partial charge >= 0.3 is 5.69 Å². The molecule has 0 radical (unpaired) electrons. The first-order valence-corrected chi connectivity index (χ1v) is 14.8. The molecule has 1 aliphatic heterocycles. The predicted octanol–water partition coefficient (Wildman–Crippen LogP) is 2.44. The van der Waals surface area contributed by atoms with Crippen molar-refractivity contribution in [1.29, 1.82) is 5.26 Å². The van der Waals surface area contributed by atoms with Crippen molar-refractivity contribution in [2.75, 3.05) is 6.54 Å². The normalized spacial score (nSPS) is 24.2. The number of hydrogen-bond donors (Lipinski definition) is 4. The number of amides is 1. The number of nitrogens with two attached hydrogens (primary N) is 2. The lowest BCUT2D eigenvalue weighted by atomic mass is 9.67. The molecule has 1 amide bonds. The number of aromatic amines is 1. The molecule has 3 aromatic rings. The first-order chi connectivity index (χ1) is 20.5. The van der Waals surface area contributed by atoms with E-state index in [4.69, 9.17) is 16.6 Å². The molecule has 0 spiro atoms. The van der Waals surface area contributed by atoms with Crippen molar-refractivity contribution < 1.29 is 4.79 Å². The standard InChI is InChI=1S/C33H38N8O2/c1-18(37-17-19(2)41-26(16-34)13-25-14-29(25)41)15-33(31-38-32(43)40(4)39-31)27-9-7-21(20(3)35)11-22(27)5-6-23-12-24(30(36)42)8-10-28(23)33/h7-12,18,25-26,29,37H,2-3,5-6,13-15,17,35H2,1,4H3,(H2,36,42)(H,38,39,43)/t18-,25+,26?,29?,33?/m0/s1. The van der Waals surface area contributed by atoms with Crippen LogP contribution in [0.3, 0.4) is 0 Å². The third-order valence-corrected chi connectivity index (χ3v) is 9.51. The largest absolute Gasteiger partial charge is 0.399 e. The molecule has 1 saturated heterocycles. The van der Waals surface area contributed by atoms with E-state index in [1.165, 1.54) is 4.68 Å². The van der Waals surface area contributed by atoms with Crippen LogP contribution < -0.4 is 22.5 Å². The molecule has 2 aromatic carbocycles. The number of nitrogens with one attached hydrogen (secondary N) is 2. The molecule has 6 rings (SSSR count). The SMILES string of the molecule is C=C(N)c1ccc2c(c1)CCc1cc(C(N)=O)ccc1C2(C[C@H](C)NCC(=C)N1C(C#N)C[C@@H]2CC21)c1nn(C)c(=O)[nH]1. The van der Waals surface area contributed by atoms with Gasteiger partial charge in [0.1, 0.15) is 11.9 Å². The highest BCUT2D eigenvalue weighted by Crippen LogP contribution is 2.49. The number of carbonyl (C=O) groups excluding carboxylic acids is 1. The number of nitrogens with zero attached hydrogens (tertiary/aromatic N) is 4. The molecule has 43 heavy (non-hydrogen) atoms. The molecule has 2 aliphatic carbocycles. The molecule has 5 atom stereocenters. The summed E-state index contributed by atoms with van der Waals surface area (Å²) in [5.74, 6) is 0.627. The van der Waals surface area contributed by atoms with Crippen LogP contribution in [0.4, 0.5) is 0 Å². The fraction of sp³-hybridized carbons (Fsp3) is 0.394. The third-order valence-electron chi connectivity index (χ3n) is 9.51. The number of fused-ring (bicyclic) bond motifs is 3. The average Bonchev–Trinajstić information content (AvgIpc) is 3.56. The van der Waals surface area contributed by atoms with E-state index in [9.17, 15) is 14.9 Å². The second-order valence-electron chi connectivity index (χ2n) is 12.3. The average molecular weight is 579 g/mol. The Morgan fingerprint density at radius 1 is 1.16 bits per heavy atom.